The first-order valence-corrected chi connectivity index (χ1v) is 12.9. The zero-order valence-electron chi connectivity index (χ0n) is 19.3. The Bertz CT molecular complexity index is 883. The number of likely N-dealkylation sites (tertiary alicyclic amines) is 1. The summed E-state index contributed by atoms with van der Waals surface area (Å²) in [5.41, 5.74) is 1.58. The number of piperidine rings is 1. The van der Waals surface area contributed by atoms with E-state index in [1.807, 2.05) is 25.7 Å². The number of carbonyl (C=O) groups excluding carboxylic acids is 1. The van der Waals surface area contributed by atoms with Gasteiger partial charge in [-0.3, -0.25) is 4.79 Å². The van der Waals surface area contributed by atoms with Crippen molar-refractivity contribution >= 4 is 38.9 Å². The fraction of sp³-hybridized carbons (Fsp3) is 0.636. The summed E-state index contributed by atoms with van der Waals surface area (Å²) in [7, 11) is -3.55. The number of thiocarbonyl (C=S) groups is 1. The van der Waals surface area contributed by atoms with Crippen LogP contribution < -0.4 is 10.6 Å². The van der Waals surface area contributed by atoms with Crippen molar-refractivity contribution in [1.29, 1.82) is 0 Å². The molecule has 174 valence electrons. The highest BCUT2D eigenvalue weighted by atomic mass is 32.2. The van der Waals surface area contributed by atoms with E-state index >= 15 is 0 Å². The van der Waals surface area contributed by atoms with Crippen LogP contribution in [-0.2, 0) is 14.8 Å². The van der Waals surface area contributed by atoms with Crippen LogP contribution >= 0.6 is 12.2 Å². The van der Waals surface area contributed by atoms with E-state index in [0.717, 1.165) is 24.9 Å². The Hall–Kier alpha value is -1.71. The summed E-state index contributed by atoms with van der Waals surface area (Å²) in [6.45, 7) is 12.6. The number of nitrogens with one attached hydrogen (secondary N) is 2. The van der Waals surface area contributed by atoms with E-state index in [1.54, 1.807) is 18.2 Å². The largest absolute Gasteiger partial charge is 0.356 e. The first-order valence-electron chi connectivity index (χ1n) is 11.0. The minimum atomic E-state index is -3.55. The summed E-state index contributed by atoms with van der Waals surface area (Å²) in [6, 6.07) is 5.07. The first-order chi connectivity index (χ1) is 14.6. The number of rotatable bonds is 8. The monoisotopic (exact) mass is 468 g/mol. The molecule has 2 rings (SSSR count). The van der Waals surface area contributed by atoms with Gasteiger partial charge in [-0.1, -0.05) is 33.8 Å². The standard InChI is InChI=1S/C22H36N4O3S2/c1-6-26(7-2)31(28,29)19-11-10-17(5)20(13-19)24-22(30)25-12-8-9-18(15-25)21(27)23-14-16(3)4/h10-11,13,16,18H,6-9,12,14-15H2,1-5H3,(H,23,27)(H,24,30). The minimum Gasteiger partial charge on any atom is -0.356 e. The maximum Gasteiger partial charge on any atom is 0.243 e. The maximum absolute atomic E-state index is 12.9. The van der Waals surface area contributed by atoms with Gasteiger partial charge in [0.2, 0.25) is 15.9 Å². The first kappa shape index (κ1) is 25.5. The van der Waals surface area contributed by atoms with Crippen molar-refractivity contribution in [3.05, 3.63) is 23.8 Å². The smallest absolute Gasteiger partial charge is 0.243 e. The summed E-state index contributed by atoms with van der Waals surface area (Å²) >= 11 is 5.62. The van der Waals surface area contributed by atoms with Gasteiger partial charge >= 0.3 is 0 Å². The van der Waals surface area contributed by atoms with E-state index in [2.05, 4.69) is 24.5 Å². The van der Waals surface area contributed by atoms with Crippen LogP contribution in [0.1, 0.15) is 46.1 Å². The third-order valence-corrected chi connectivity index (χ3v) is 7.96. The number of amides is 1. The predicted molar refractivity (Wildman–Crippen MR) is 130 cm³/mol. The molecule has 1 aromatic carbocycles. The second-order valence-electron chi connectivity index (χ2n) is 8.42. The molecule has 1 unspecified atom stereocenters. The SMILES string of the molecule is CCN(CC)S(=O)(=O)c1ccc(C)c(NC(=S)N2CCCC(C(=O)NCC(C)C)C2)c1. The van der Waals surface area contributed by atoms with E-state index in [-0.39, 0.29) is 16.7 Å². The van der Waals surface area contributed by atoms with E-state index in [1.165, 1.54) is 4.31 Å². The average Bonchev–Trinajstić information content (AvgIpc) is 2.74. The lowest BCUT2D eigenvalue weighted by Crippen LogP contribution is -2.47. The highest BCUT2D eigenvalue weighted by molar-refractivity contribution is 7.89. The van der Waals surface area contributed by atoms with E-state index in [4.69, 9.17) is 12.2 Å². The van der Waals surface area contributed by atoms with Crippen molar-refractivity contribution in [2.45, 2.75) is 52.4 Å². The van der Waals surface area contributed by atoms with Crippen LogP contribution in [0.15, 0.2) is 23.1 Å². The van der Waals surface area contributed by atoms with Crippen LogP contribution in [0.4, 0.5) is 5.69 Å². The Balaban J connectivity index is 2.12. The maximum atomic E-state index is 12.9. The third kappa shape index (κ3) is 6.63. The highest BCUT2D eigenvalue weighted by Gasteiger charge is 2.28. The van der Waals surface area contributed by atoms with Gasteiger partial charge in [-0.2, -0.15) is 4.31 Å². The molecule has 0 saturated carbocycles. The summed E-state index contributed by atoms with van der Waals surface area (Å²) in [5.74, 6) is 0.390. The number of benzene rings is 1. The second kappa shape index (κ2) is 11.2. The van der Waals surface area contributed by atoms with E-state index in [9.17, 15) is 13.2 Å². The summed E-state index contributed by atoms with van der Waals surface area (Å²) < 4.78 is 27.2. The van der Waals surface area contributed by atoms with Crippen LogP contribution in [0.25, 0.3) is 0 Å². The van der Waals surface area contributed by atoms with Crippen LogP contribution in [0.2, 0.25) is 0 Å². The predicted octanol–water partition coefficient (Wildman–Crippen LogP) is 3.21. The molecule has 1 amide bonds. The van der Waals surface area contributed by atoms with Crippen LogP contribution in [0, 0.1) is 18.8 Å². The molecule has 1 aliphatic heterocycles. The van der Waals surface area contributed by atoms with Crippen molar-refractivity contribution in [2.24, 2.45) is 11.8 Å². The Morgan fingerprint density at radius 1 is 1.29 bits per heavy atom. The molecule has 1 heterocycles. The fourth-order valence-corrected chi connectivity index (χ4v) is 5.39. The number of hydrogen-bond acceptors (Lipinski definition) is 4. The number of anilines is 1. The van der Waals surface area contributed by atoms with Crippen molar-refractivity contribution in [2.75, 3.05) is 38.0 Å². The van der Waals surface area contributed by atoms with Gasteiger partial charge in [-0.25, -0.2) is 8.42 Å². The van der Waals surface area contributed by atoms with Crippen LogP contribution in [-0.4, -0.2) is 61.4 Å². The zero-order valence-corrected chi connectivity index (χ0v) is 20.9. The number of hydrogen-bond donors (Lipinski definition) is 2. The van der Waals surface area contributed by atoms with Crippen molar-refractivity contribution in [3.63, 3.8) is 0 Å². The minimum absolute atomic E-state index is 0.0738. The average molecular weight is 469 g/mol. The molecule has 1 atom stereocenters. The Kier molecular flexibility index (Phi) is 9.27. The lowest BCUT2D eigenvalue weighted by molar-refractivity contribution is -0.126. The topological polar surface area (TPSA) is 81.8 Å². The van der Waals surface area contributed by atoms with Gasteiger partial charge in [0.1, 0.15) is 0 Å². The lowest BCUT2D eigenvalue weighted by Gasteiger charge is -2.34. The Morgan fingerprint density at radius 3 is 2.58 bits per heavy atom. The van der Waals surface area contributed by atoms with Gasteiger partial charge in [0.25, 0.3) is 0 Å². The van der Waals surface area contributed by atoms with Crippen molar-refractivity contribution in [1.82, 2.24) is 14.5 Å². The molecule has 2 N–H and O–H groups in total. The normalized spacial score (nSPS) is 17.1. The summed E-state index contributed by atoms with van der Waals surface area (Å²) in [6.07, 6.45) is 1.73. The van der Waals surface area contributed by atoms with Gasteiger partial charge < -0.3 is 15.5 Å². The second-order valence-corrected chi connectivity index (χ2v) is 10.7. The molecule has 1 fully saturated rings. The van der Waals surface area contributed by atoms with Crippen molar-refractivity contribution in [3.8, 4) is 0 Å². The number of carbonyl (C=O) groups is 1. The quantitative estimate of drug-likeness (QED) is 0.570. The van der Waals surface area contributed by atoms with Gasteiger partial charge in [-0.05, 0) is 55.6 Å². The molecule has 31 heavy (non-hydrogen) atoms. The molecule has 1 saturated heterocycles. The summed E-state index contributed by atoms with van der Waals surface area (Å²) in [4.78, 5) is 14.7. The van der Waals surface area contributed by atoms with Crippen molar-refractivity contribution < 1.29 is 13.2 Å². The third-order valence-electron chi connectivity index (χ3n) is 5.56. The van der Waals surface area contributed by atoms with Gasteiger partial charge in [0.15, 0.2) is 5.11 Å². The van der Waals surface area contributed by atoms with E-state index in [0.29, 0.717) is 42.9 Å². The lowest BCUT2D eigenvalue weighted by atomic mass is 9.97. The van der Waals surface area contributed by atoms with Gasteiger partial charge in [0.05, 0.1) is 10.8 Å². The molecule has 1 aromatic rings. The molecule has 1 aliphatic rings. The Labute approximate surface area is 192 Å². The molecular weight excluding hydrogens is 432 g/mol. The molecule has 0 bridgehead atoms. The number of aryl methyl sites for hydroxylation is 1. The van der Waals surface area contributed by atoms with Gasteiger partial charge in [0, 0.05) is 38.4 Å². The highest BCUT2D eigenvalue weighted by Crippen LogP contribution is 2.24. The fourth-order valence-electron chi connectivity index (χ4n) is 3.63. The molecule has 9 heteroatoms. The molecule has 0 spiro atoms. The molecule has 0 aromatic heterocycles. The molecule has 0 radical (unpaired) electrons. The zero-order chi connectivity index (χ0) is 23.2. The van der Waals surface area contributed by atoms with Crippen LogP contribution in [0.5, 0.6) is 0 Å². The van der Waals surface area contributed by atoms with Crippen LogP contribution in [0.3, 0.4) is 0 Å². The number of sulfonamides is 1. The van der Waals surface area contributed by atoms with E-state index < -0.39 is 10.0 Å². The molecular formula is C22H36N4O3S2. The summed E-state index contributed by atoms with van der Waals surface area (Å²) in [5, 5.41) is 6.75. The van der Waals surface area contributed by atoms with Gasteiger partial charge in [-0.15, -0.1) is 0 Å². The molecule has 7 nitrogen and oxygen atoms in total. The Morgan fingerprint density at radius 2 is 1.97 bits per heavy atom. The molecule has 0 aliphatic carbocycles. The number of nitrogens with zero attached hydrogens (tertiary/aromatic N) is 2.